The van der Waals surface area contributed by atoms with Crippen molar-refractivity contribution in [2.75, 3.05) is 39.2 Å². The van der Waals surface area contributed by atoms with E-state index in [9.17, 15) is 18.3 Å². The number of likely N-dealkylation sites (N-methyl/N-ethyl adjacent to an activating group) is 1. The minimum atomic E-state index is -3.97. The lowest BCUT2D eigenvalue weighted by molar-refractivity contribution is 0.0830. The number of aliphatic hydroxyl groups is 1. The summed E-state index contributed by atoms with van der Waals surface area (Å²) in [7, 11) is -0.735. The maximum absolute atomic E-state index is 13.7. The van der Waals surface area contributed by atoms with Crippen molar-refractivity contribution in [2.24, 2.45) is 5.92 Å². The Morgan fingerprint density at radius 1 is 1.18 bits per heavy atom. The fraction of sp³-hybridized carbons (Fsp3) is 0.357. The normalized spacial score (nSPS) is 19.5. The second-order valence-electron chi connectivity index (χ2n) is 9.68. The number of nitrogens with zero attached hydrogens (tertiary/aromatic N) is 3. The van der Waals surface area contributed by atoms with Crippen molar-refractivity contribution in [2.45, 2.75) is 30.9 Å². The average molecular weight is 555 g/mol. The molecule has 0 radical (unpaired) electrons. The number of hydrogen-bond acceptors (Lipinski definition) is 7. The first-order valence-electron chi connectivity index (χ1n) is 12.6. The van der Waals surface area contributed by atoms with E-state index in [2.05, 4.69) is 10.3 Å². The van der Waals surface area contributed by atoms with Gasteiger partial charge in [-0.25, -0.2) is 13.2 Å². The molecule has 0 saturated heterocycles. The number of nitrogens with one attached hydrogen (secondary N) is 1. The van der Waals surface area contributed by atoms with Crippen molar-refractivity contribution in [3.8, 4) is 22.6 Å². The predicted octanol–water partition coefficient (Wildman–Crippen LogP) is 3.69. The summed E-state index contributed by atoms with van der Waals surface area (Å²) in [5.74, 6) is 0.572. The van der Waals surface area contributed by atoms with Gasteiger partial charge in [-0.2, -0.15) is 4.31 Å². The number of amides is 2. The van der Waals surface area contributed by atoms with Gasteiger partial charge in [-0.3, -0.25) is 4.98 Å². The minimum absolute atomic E-state index is 0.0165. The first-order chi connectivity index (χ1) is 18.6. The maximum atomic E-state index is 13.7. The molecule has 1 aliphatic rings. The van der Waals surface area contributed by atoms with Gasteiger partial charge in [0.15, 0.2) is 0 Å². The molecule has 0 saturated carbocycles. The van der Waals surface area contributed by atoms with Gasteiger partial charge in [-0.1, -0.05) is 13.0 Å². The number of urea groups is 1. The zero-order chi connectivity index (χ0) is 28.2. The standard InChI is InChI=1S/C28H34N4O6S/c1-19-16-32(20(2)18-33)39(35,36)27-10-5-22(21-11-13-29-14-12-21)15-25(27)38-26(19)17-31(3)28(34)30-23-6-8-24(37-4)9-7-23/h5-15,19-20,26,33H,16-18H2,1-4H3,(H,30,34)/t19-,20+,26+/m0/s1. The van der Waals surface area contributed by atoms with E-state index in [-0.39, 0.29) is 42.3 Å². The molecule has 1 aliphatic heterocycles. The molecule has 2 heterocycles. The van der Waals surface area contributed by atoms with Crippen molar-refractivity contribution < 1.29 is 27.8 Å². The van der Waals surface area contributed by atoms with E-state index in [4.69, 9.17) is 9.47 Å². The van der Waals surface area contributed by atoms with Gasteiger partial charge in [0.2, 0.25) is 10.0 Å². The molecule has 10 nitrogen and oxygen atoms in total. The van der Waals surface area contributed by atoms with Crippen molar-refractivity contribution in [1.82, 2.24) is 14.2 Å². The number of carbonyl (C=O) groups is 1. The Kier molecular flexibility index (Phi) is 8.73. The SMILES string of the molecule is COc1ccc(NC(=O)N(C)C[C@H]2Oc3cc(-c4ccncc4)ccc3S(=O)(=O)N([C@H](C)CO)C[C@@H]2C)cc1. The minimum Gasteiger partial charge on any atom is -0.497 e. The van der Waals surface area contributed by atoms with Crippen LogP contribution in [0.25, 0.3) is 11.1 Å². The Labute approximate surface area is 229 Å². The lowest BCUT2D eigenvalue weighted by Gasteiger charge is -2.37. The van der Waals surface area contributed by atoms with Crippen LogP contribution in [0, 0.1) is 5.92 Å². The third-order valence-corrected chi connectivity index (χ3v) is 8.84. The van der Waals surface area contributed by atoms with Crippen LogP contribution in [0.3, 0.4) is 0 Å². The highest BCUT2D eigenvalue weighted by Gasteiger charge is 2.38. The molecule has 3 aromatic rings. The third-order valence-electron chi connectivity index (χ3n) is 6.82. The number of ether oxygens (including phenoxy) is 2. The van der Waals surface area contributed by atoms with Gasteiger partial charge in [0.25, 0.3) is 0 Å². The number of fused-ring (bicyclic) bond motifs is 1. The molecule has 11 heteroatoms. The van der Waals surface area contributed by atoms with Crippen LogP contribution in [-0.2, 0) is 10.0 Å². The number of benzene rings is 2. The summed E-state index contributed by atoms with van der Waals surface area (Å²) in [6.07, 6.45) is 2.79. The zero-order valence-electron chi connectivity index (χ0n) is 22.4. The molecular formula is C28H34N4O6S. The summed E-state index contributed by atoms with van der Waals surface area (Å²) in [4.78, 5) is 18.6. The number of pyridine rings is 1. The van der Waals surface area contributed by atoms with Gasteiger partial charge in [0, 0.05) is 43.6 Å². The van der Waals surface area contributed by atoms with E-state index < -0.39 is 22.2 Å². The maximum Gasteiger partial charge on any atom is 0.321 e. The smallest absolute Gasteiger partial charge is 0.321 e. The topological polar surface area (TPSA) is 121 Å². The fourth-order valence-corrected chi connectivity index (χ4v) is 6.24. The van der Waals surface area contributed by atoms with Crippen molar-refractivity contribution in [3.05, 3.63) is 67.0 Å². The Bertz CT molecular complexity index is 1380. The Morgan fingerprint density at radius 2 is 1.87 bits per heavy atom. The molecule has 1 aromatic heterocycles. The molecule has 4 rings (SSSR count). The first-order valence-corrected chi connectivity index (χ1v) is 14.1. The number of methoxy groups -OCH3 is 1. The largest absolute Gasteiger partial charge is 0.497 e. The molecule has 0 spiro atoms. The summed E-state index contributed by atoms with van der Waals surface area (Å²) in [6.45, 7) is 3.54. The van der Waals surface area contributed by atoms with E-state index in [0.29, 0.717) is 11.4 Å². The van der Waals surface area contributed by atoms with Gasteiger partial charge in [-0.05, 0) is 66.6 Å². The molecule has 2 N–H and O–H groups in total. The van der Waals surface area contributed by atoms with Crippen LogP contribution in [-0.4, -0.2) is 79.7 Å². The molecule has 208 valence electrons. The van der Waals surface area contributed by atoms with Gasteiger partial charge >= 0.3 is 6.03 Å². The number of aliphatic hydroxyl groups excluding tert-OH is 1. The van der Waals surface area contributed by atoms with Crippen LogP contribution >= 0.6 is 0 Å². The average Bonchev–Trinajstić information content (AvgIpc) is 2.95. The first kappa shape index (κ1) is 28.3. The van der Waals surface area contributed by atoms with E-state index in [0.717, 1.165) is 11.1 Å². The monoisotopic (exact) mass is 554 g/mol. The van der Waals surface area contributed by atoms with Crippen LogP contribution in [0.1, 0.15) is 13.8 Å². The molecule has 0 bridgehead atoms. The van der Waals surface area contributed by atoms with Crippen LogP contribution in [0.2, 0.25) is 0 Å². The Morgan fingerprint density at radius 3 is 2.51 bits per heavy atom. The van der Waals surface area contributed by atoms with Gasteiger partial charge in [0.05, 0.1) is 20.3 Å². The summed E-state index contributed by atoms with van der Waals surface area (Å²) < 4.78 is 40.3. The number of carbonyl (C=O) groups excluding carboxylic acids is 1. The number of rotatable bonds is 7. The number of hydrogen-bond donors (Lipinski definition) is 2. The lowest BCUT2D eigenvalue weighted by Crippen LogP contribution is -2.50. The lowest BCUT2D eigenvalue weighted by atomic mass is 10.0. The number of anilines is 1. The van der Waals surface area contributed by atoms with Crippen molar-refractivity contribution in [1.29, 1.82) is 0 Å². The van der Waals surface area contributed by atoms with E-state index in [1.165, 1.54) is 15.3 Å². The summed E-state index contributed by atoms with van der Waals surface area (Å²) in [5.41, 5.74) is 2.24. The third kappa shape index (κ3) is 6.32. The van der Waals surface area contributed by atoms with Crippen LogP contribution in [0.4, 0.5) is 10.5 Å². The van der Waals surface area contributed by atoms with Crippen molar-refractivity contribution >= 4 is 21.7 Å². The number of sulfonamides is 1. The van der Waals surface area contributed by atoms with Crippen LogP contribution in [0.5, 0.6) is 11.5 Å². The molecule has 3 atom stereocenters. The van der Waals surface area contributed by atoms with Gasteiger partial charge in [-0.15, -0.1) is 0 Å². The highest BCUT2D eigenvalue weighted by atomic mass is 32.2. The molecule has 39 heavy (non-hydrogen) atoms. The van der Waals surface area contributed by atoms with E-state index in [1.807, 2.05) is 19.1 Å². The zero-order valence-corrected chi connectivity index (χ0v) is 23.3. The molecule has 2 aromatic carbocycles. The fourth-order valence-electron chi connectivity index (χ4n) is 4.41. The van der Waals surface area contributed by atoms with Gasteiger partial charge in [0.1, 0.15) is 22.5 Å². The second-order valence-corrected chi connectivity index (χ2v) is 11.5. The van der Waals surface area contributed by atoms with Crippen LogP contribution < -0.4 is 14.8 Å². The quantitative estimate of drug-likeness (QED) is 0.457. The second kappa shape index (κ2) is 12.0. The molecule has 0 aliphatic carbocycles. The summed E-state index contributed by atoms with van der Waals surface area (Å²) >= 11 is 0. The number of aromatic nitrogens is 1. The van der Waals surface area contributed by atoms with E-state index in [1.54, 1.807) is 69.9 Å². The summed E-state index contributed by atoms with van der Waals surface area (Å²) in [5, 5.41) is 12.7. The van der Waals surface area contributed by atoms with E-state index >= 15 is 0 Å². The molecule has 2 amide bonds. The Balaban J connectivity index is 1.65. The van der Waals surface area contributed by atoms with Gasteiger partial charge < -0.3 is 24.8 Å². The molecule has 0 unspecified atom stereocenters. The predicted molar refractivity (Wildman–Crippen MR) is 148 cm³/mol. The van der Waals surface area contributed by atoms with Crippen molar-refractivity contribution in [3.63, 3.8) is 0 Å². The van der Waals surface area contributed by atoms with Crippen LogP contribution in [0.15, 0.2) is 71.9 Å². The highest BCUT2D eigenvalue weighted by Crippen LogP contribution is 2.36. The molecular weight excluding hydrogens is 520 g/mol. The summed E-state index contributed by atoms with van der Waals surface area (Å²) in [6, 6.07) is 14.6. The highest BCUT2D eigenvalue weighted by molar-refractivity contribution is 7.89. The molecule has 0 fully saturated rings. The Hall–Kier alpha value is -3.67.